The zero-order valence-electron chi connectivity index (χ0n) is 13.1. The van der Waals surface area contributed by atoms with E-state index in [1.807, 2.05) is 7.05 Å². The van der Waals surface area contributed by atoms with Gasteiger partial charge in [0.05, 0.1) is 0 Å². The second-order valence-electron chi connectivity index (χ2n) is 6.86. The van der Waals surface area contributed by atoms with Crippen molar-refractivity contribution in [3.8, 4) is 0 Å². The Bertz CT molecular complexity index is 346. The molecule has 1 aliphatic carbocycles. The average Bonchev–Trinajstić information content (AvgIpc) is 3.14. The van der Waals surface area contributed by atoms with Crippen LogP contribution in [0.3, 0.4) is 0 Å². The first-order valence-electron chi connectivity index (χ1n) is 7.44. The molecule has 2 N–H and O–H groups in total. The molecule has 1 saturated carbocycles. The first-order valence-corrected chi connectivity index (χ1v) is 7.44. The van der Waals surface area contributed by atoms with Crippen molar-refractivity contribution in [1.29, 1.82) is 0 Å². The smallest absolute Gasteiger partial charge is 0.317 e. The van der Waals surface area contributed by atoms with Crippen LogP contribution >= 0.6 is 0 Å². The number of carbonyl (C=O) groups is 2. The van der Waals surface area contributed by atoms with Crippen LogP contribution in [0.1, 0.15) is 52.9 Å². The minimum atomic E-state index is -0.753. The van der Waals surface area contributed by atoms with Crippen LogP contribution in [0.2, 0.25) is 0 Å². The van der Waals surface area contributed by atoms with Crippen molar-refractivity contribution in [2.24, 2.45) is 11.3 Å². The molecule has 0 heterocycles. The molecule has 0 aromatic rings. The van der Waals surface area contributed by atoms with Crippen molar-refractivity contribution in [2.75, 3.05) is 13.6 Å². The van der Waals surface area contributed by atoms with Gasteiger partial charge in [-0.1, -0.05) is 20.8 Å². The van der Waals surface area contributed by atoms with Crippen LogP contribution in [-0.4, -0.2) is 41.6 Å². The molecule has 5 heteroatoms. The second-order valence-corrected chi connectivity index (χ2v) is 6.86. The zero-order valence-corrected chi connectivity index (χ0v) is 13.1. The predicted molar refractivity (Wildman–Crippen MR) is 78.6 cm³/mol. The largest absolute Gasteiger partial charge is 0.481 e. The van der Waals surface area contributed by atoms with Crippen LogP contribution < -0.4 is 5.32 Å². The van der Waals surface area contributed by atoms with E-state index in [9.17, 15) is 9.59 Å². The first-order chi connectivity index (χ1) is 9.21. The van der Waals surface area contributed by atoms with E-state index in [1.54, 1.807) is 4.90 Å². The summed E-state index contributed by atoms with van der Waals surface area (Å²) in [4.78, 5) is 24.3. The third kappa shape index (κ3) is 5.80. The van der Waals surface area contributed by atoms with Crippen molar-refractivity contribution in [2.45, 2.75) is 58.9 Å². The molecule has 0 aromatic heterocycles. The van der Waals surface area contributed by atoms with Crippen LogP contribution in [0, 0.1) is 11.3 Å². The summed E-state index contributed by atoms with van der Waals surface area (Å²) in [7, 11) is 1.83. The highest BCUT2D eigenvalue weighted by Gasteiger charge is 2.30. The van der Waals surface area contributed by atoms with Crippen molar-refractivity contribution >= 4 is 12.0 Å². The summed E-state index contributed by atoms with van der Waals surface area (Å²) in [6.45, 7) is 6.98. The van der Waals surface area contributed by atoms with Gasteiger partial charge in [-0.2, -0.15) is 0 Å². The minimum Gasteiger partial charge on any atom is -0.481 e. The molecule has 0 aromatic carbocycles. The second kappa shape index (κ2) is 6.95. The molecule has 1 aliphatic rings. The third-order valence-corrected chi connectivity index (χ3v) is 4.12. The number of amides is 2. The number of hydrogen-bond acceptors (Lipinski definition) is 2. The Morgan fingerprint density at radius 2 is 1.90 bits per heavy atom. The number of rotatable bonds is 7. The Hall–Kier alpha value is -1.26. The quantitative estimate of drug-likeness (QED) is 0.755. The highest BCUT2D eigenvalue weighted by molar-refractivity contribution is 5.74. The fourth-order valence-electron chi connectivity index (χ4n) is 2.41. The Labute approximate surface area is 121 Å². The van der Waals surface area contributed by atoms with E-state index >= 15 is 0 Å². The van der Waals surface area contributed by atoms with Gasteiger partial charge in [0.1, 0.15) is 0 Å². The van der Waals surface area contributed by atoms with E-state index in [-0.39, 0.29) is 17.9 Å². The number of nitrogens with zero attached hydrogens (tertiary/aromatic N) is 1. The molecule has 116 valence electrons. The predicted octanol–water partition coefficient (Wildman–Crippen LogP) is 2.71. The highest BCUT2D eigenvalue weighted by atomic mass is 16.4. The van der Waals surface area contributed by atoms with Crippen LogP contribution in [0.5, 0.6) is 0 Å². The first kappa shape index (κ1) is 16.8. The summed E-state index contributed by atoms with van der Waals surface area (Å²) in [5, 5.41) is 11.7. The van der Waals surface area contributed by atoms with Gasteiger partial charge in [0.25, 0.3) is 0 Å². The lowest BCUT2D eigenvalue weighted by Gasteiger charge is -2.31. The standard InChI is InChI=1S/C15H28N2O3/c1-15(2,3)11(5-8-13(18)19)9-10-16-14(20)17(4)12-6-7-12/h11-12H,5-10H2,1-4H3,(H,16,20)(H,18,19). The van der Waals surface area contributed by atoms with Crippen LogP contribution in [-0.2, 0) is 4.79 Å². The molecule has 20 heavy (non-hydrogen) atoms. The molecule has 0 spiro atoms. The van der Waals surface area contributed by atoms with E-state index in [0.717, 1.165) is 19.3 Å². The Kier molecular flexibility index (Phi) is 5.84. The number of nitrogens with one attached hydrogen (secondary N) is 1. The summed E-state index contributed by atoms with van der Waals surface area (Å²) >= 11 is 0. The van der Waals surface area contributed by atoms with E-state index in [0.29, 0.717) is 24.9 Å². The topological polar surface area (TPSA) is 69.6 Å². The van der Waals surface area contributed by atoms with E-state index in [2.05, 4.69) is 26.1 Å². The fourth-order valence-corrected chi connectivity index (χ4v) is 2.41. The Morgan fingerprint density at radius 1 is 1.30 bits per heavy atom. The fraction of sp³-hybridized carbons (Fsp3) is 0.867. The molecule has 5 nitrogen and oxygen atoms in total. The molecule has 2 amide bonds. The van der Waals surface area contributed by atoms with E-state index in [1.165, 1.54) is 0 Å². The summed E-state index contributed by atoms with van der Waals surface area (Å²) < 4.78 is 0. The van der Waals surface area contributed by atoms with Gasteiger partial charge in [-0.3, -0.25) is 4.79 Å². The maximum Gasteiger partial charge on any atom is 0.317 e. The van der Waals surface area contributed by atoms with Crippen LogP contribution in [0.25, 0.3) is 0 Å². The van der Waals surface area contributed by atoms with E-state index < -0.39 is 5.97 Å². The minimum absolute atomic E-state index is 0.0154. The Morgan fingerprint density at radius 3 is 2.35 bits per heavy atom. The number of aliphatic carboxylic acids is 1. The lowest BCUT2D eigenvalue weighted by Crippen LogP contribution is -2.40. The summed E-state index contributed by atoms with van der Waals surface area (Å²) in [5.41, 5.74) is 0.0581. The van der Waals surface area contributed by atoms with E-state index in [4.69, 9.17) is 5.11 Å². The van der Waals surface area contributed by atoms with Gasteiger partial charge in [-0.25, -0.2) is 4.79 Å². The highest BCUT2D eigenvalue weighted by Crippen LogP contribution is 2.32. The zero-order chi connectivity index (χ0) is 15.3. The monoisotopic (exact) mass is 284 g/mol. The van der Waals surface area contributed by atoms with Crippen molar-refractivity contribution in [3.63, 3.8) is 0 Å². The molecule has 0 aliphatic heterocycles. The van der Waals surface area contributed by atoms with Crippen LogP contribution in [0.15, 0.2) is 0 Å². The van der Waals surface area contributed by atoms with Crippen molar-refractivity contribution < 1.29 is 14.7 Å². The molecular formula is C15H28N2O3. The number of carbonyl (C=O) groups excluding carboxylic acids is 1. The van der Waals surface area contributed by atoms with Gasteiger partial charge in [0.15, 0.2) is 0 Å². The number of carboxylic acids is 1. The average molecular weight is 284 g/mol. The summed E-state index contributed by atoms with van der Waals surface area (Å²) in [6, 6.07) is 0.402. The maximum absolute atomic E-state index is 11.8. The number of carboxylic acid groups (broad SMARTS) is 1. The normalized spacial score (nSPS) is 16.6. The Balaban J connectivity index is 2.33. The van der Waals surface area contributed by atoms with Crippen molar-refractivity contribution in [1.82, 2.24) is 10.2 Å². The van der Waals surface area contributed by atoms with Gasteiger partial charge in [0.2, 0.25) is 0 Å². The molecule has 1 rings (SSSR count). The SMILES string of the molecule is CN(C(=O)NCCC(CCC(=O)O)C(C)(C)C)C1CC1. The summed E-state index contributed by atoms with van der Waals surface area (Å²) in [6.07, 6.45) is 3.88. The maximum atomic E-state index is 11.8. The summed E-state index contributed by atoms with van der Waals surface area (Å²) in [5.74, 6) is -0.457. The number of urea groups is 1. The third-order valence-electron chi connectivity index (χ3n) is 4.12. The molecule has 1 fully saturated rings. The lowest BCUT2D eigenvalue weighted by atomic mass is 9.76. The number of hydrogen-bond donors (Lipinski definition) is 2. The van der Waals surface area contributed by atoms with Gasteiger partial charge < -0.3 is 15.3 Å². The molecule has 0 saturated heterocycles. The van der Waals surface area contributed by atoms with Gasteiger partial charge >= 0.3 is 12.0 Å². The molecule has 1 unspecified atom stereocenters. The lowest BCUT2D eigenvalue weighted by molar-refractivity contribution is -0.137. The van der Waals surface area contributed by atoms with Gasteiger partial charge in [-0.05, 0) is 37.0 Å². The van der Waals surface area contributed by atoms with Gasteiger partial charge in [0, 0.05) is 26.1 Å². The molecule has 1 atom stereocenters. The van der Waals surface area contributed by atoms with Crippen molar-refractivity contribution in [3.05, 3.63) is 0 Å². The molecule has 0 radical (unpaired) electrons. The van der Waals surface area contributed by atoms with Gasteiger partial charge in [-0.15, -0.1) is 0 Å². The van der Waals surface area contributed by atoms with Crippen LogP contribution in [0.4, 0.5) is 4.79 Å². The molecular weight excluding hydrogens is 256 g/mol. The molecule has 0 bridgehead atoms.